The molecular weight excluding hydrogens is 310 g/mol. The van der Waals surface area contributed by atoms with Gasteiger partial charge in [-0.25, -0.2) is 13.1 Å². The van der Waals surface area contributed by atoms with E-state index in [-0.39, 0.29) is 23.2 Å². The Morgan fingerprint density at radius 3 is 2.10 bits per heavy atom. The first-order valence-corrected chi connectivity index (χ1v) is 9.37. The van der Waals surface area contributed by atoms with E-state index in [1.54, 1.807) is 6.92 Å². The lowest BCUT2D eigenvalue weighted by Gasteiger charge is -2.31. The van der Waals surface area contributed by atoms with Crippen molar-refractivity contribution in [1.82, 2.24) is 10.0 Å². The molecule has 0 bridgehead atoms. The molecule has 0 aliphatic rings. The summed E-state index contributed by atoms with van der Waals surface area (Å²) in [4.78, 5) is 12.6. The Bertz CT molecular complexity index is 444. The molecule has 0 aromatic rings. The third-order valence-corrected chi connectivity index (χ3v) is 5.14. The van der Waals surface area contributed by atoms with E-state index in [1.165, 1.54) is 0 Å². The number of rotatable bonds is 11. The summed E-state index contributed by atoms with van der Waals surface area (Å²) >= 11 is 5.09. The smallest absolute Gasteiger partial charge is 0.233 e. The van der Waals surface area contributed by atoms with Crippen molar-refractivity contribution in [2.45, 2.75) is 46.5 Å². The van der Waals surface area contributed by atoms with Crippen LogP contribution < -0.4 is 15.8 Å². The molecule has 8 heteroatoms. The maximum atomic E-state index is 12.4. The highest BCUT2D eigenvalue weighted by molar-refractivity contribution is 7.89. The van der Waals surface area contributed by atoms with E-state index in [9.17, 15) is 13.2 Å². The minimum absolute atomic E-state index is 0.0476. The average Bonchev–Trinajstić information content (AvgIpc) is 2.37. The van der Waals surface area contributed by atoms with Gasteiger partial charge in [0.1, 0.15) is 0 Å². The summed E-state index contributed by atoms with van der Waals surface area (Å²) in [6, 6.07) is 0. The van der Waals surface area contributed by atoms with Gasteiger partial charge in [0.2, 0.25) is 15.9 Å². The molecule has 0 unspecified atom stereocenters. The van der Waals surface area contributed by atoms with E-state index in [4.69, 9.17) is 18.0 Å². The molecule has 0 saturated heterocycles. The quantitative estimate of drug-likeness (QED) is 0.487. The Kier molecular flexibility index (Phi) is 9.00. The Morgan fingerprint density at radius 2 is 1.71 bits per heavy atom. The summed E-state index contributed by atoms with van der Waals surface area (Å²) in [7, 11) is -3.35. The predicted octanol–water partition coefficient (Wildman–Crippen LogP) is 0.915. The highest BCUT2D eigenvalue weighted by atomic mass is 32.2. The van der Waals surface area contributed by atoms with E-state index in [1.807, 2.05) is 13.8 Å². The first-order chi connectivity index (χ1) is 9.75. The van der Waals surface area contributed by atoms with Gasteiger partial charge in [-0.2, -0.15) is 0 Å². The molecule has 0 rings (SSSR count). The van der Waals surface area contributed by atoms with Crippen molar-refractivity contribution in [1.29, 1.82) is 0 Å². The molecule has 0 atom stereocenters. The summed E-state index contributed by atoms with van der Waals surface area (Å²) in [5.74, 6) is -0.427. The van der Waals surface area contributed by atoms with Gasteiger partial charge < -0.3 is 11.1 Å². The standard InChI is InChI=1S/C13H27N3O3S2/c1-4-7-13(8-5-2,11(14)20)12(17)15-9-10-21(18,19)16-6-3/h16H,4-10H2,1-3H3,(H2,14,20)(H,15,17). The lowest BCUT2D eigenvalue weighted by atomic mass is 9.78. The highest BCUT2D eigenvalue weighted by Gasteiger charge is 2.39. The number of carbonyl (C=O) groups excluding carboxylic acids is 1. The zero-order chi connectivity index (χ0) is 16.5. The second-order valence-electron chi connectivity index (χ2n) is 5.02. The molecule has 0 spiro atoms. The van der Waals surface area contributed by atoms with Gasteiger partial charge in [0.05, 0.1) is 16.2 Å². The van der Waals surface area contributed by atoms with E-state index < -0.39 is 15.4 Å². The van der Waals surface area contributed by atoms with E-state index >= 15 is 0 Å². The van der Waals surface area contributed by atoms with Crippen LogP contribution >= 0.6 is 12.2 Å². The molecule has 0 aromatic carbocycles. The zero-order valence-corrected chi connectivity index (χ0v) is 14.7. The monoisotopic (exact) mass is 337 g/mol. The first-order valence-electron chi connectivity index (χ1n) is 7.31. The number of hydrogen-bond donors (Lipinski definition) is 3. The largest absolute Gasteiger partial charge is 0.392 e. The number of amides is 1. The van der Waals surface area contributed by atoms with E-state index in [2.05, 4.69) is 10.0 Å². The number of sulfonamides is 1. The number of thiocarbonyl (C=S) groups is 1. The van der Waals surface area contributed by atoms with Gasteiger partial charge in [-0.05, 0) is 12.8 Å². The Morgan fingerprint density at radius 1 is 1.19 bits per heavy atom. The van der Waals surface area contributed by atoms with Crippen molar-refractivity contribution < 1.29 is 13.2 Å². The SMILES string of the molecule is CCCC(CCC)(C(=O)NCCS(=O)(=O)NCC)C(N)=S. The molecule has 0 saturated carbocycles. The topological polar surface area (TPSA) is 101 Å². The van der Waals surface area contributed by atoms with Crippen molar-refractivity contribution in [3.8, 4) is 0 Å². The van der Waals surface area contributed by atoms with Gasteiger partial charge in [0.25, 0.3) is 0 Å². The summed E-state index contributed by atoms with van der Waals surface area (Å²) < 4.78 is 25.4. The van der Waals surface area contributed by atoms with Crippen LogP contribution in [-0.4, -0.2) is 38.2 Å². The molecule has 0 heterocycles. The molecule has 0 fully saturated rings. The molecule has 0 radical (unpaired) electrons. The molecule has 0 aliphatic heterocycles. The third kappa shape index (κ3) is 6.27. The van der Waals surface area contributed by atoms with Crippen LogP contribution in [0.25, 0.3) is 0 Å². The van der Waals surface area contributed by atoms with Crippen LogP contribution in [0.1, 0.15) is 46.5 Å². The molecule has 0 aromatic heterocycles. The molecule has 6 nitrogen and oxygen atoms in total. The third-order valence-electron chi connectivity index (χ3n) is 3.28. The Hall–Kier alpha value is -0.730. The first kappa shape index (κ1) is 20.3. The summed E-state index contributed by atoms with van der Waals surface area (Å²) in [6.45, 7) is 6.01. The molecule has 4 N–H and O–H groups in total. The lowest BCUT2D eigenvalue weighted by molar-refractivity contribution is -0.128. The lowest BCUT2D eigenvalue weighted by Crippen LogP contribution is -2.50. The van der Waals surface area contributed by atoms with Gasteiger partial charge in [0.15, 0.2) is 0 Å². The van der Waals surface area contributed by atoms with E-state index in [0.717, 1.165) is 12.8 Å². The van der Waals surface area contributed by atoms with Gasteiger partial charge >= 0.3 is 0 Å². The van der Waals surface area contributed by atoms with Crippen LogP contribution in [0.2, 0.25) is 0 Å². The fourth-order valence-corrected chi connectivity index (χ4v) is 3.58. The average molecular weight is 338 g/mol. The minimum atomic E-state index is -3.35. The van der Waals surface area contributed by atoms with E-state index in [0.29, 0.717) is 19.4 Å². The predicted molar refractivity (Wildman–Crippen MR) is 89.5 cm³/mol. The summed E-state index contributed by atoms with van der Waals surface area (Å²) in [6.07, 6.45) is 2.70. The number of nitrogens with two attached hydrogens (primary N) is 1. The molecular formula is C13H27N3O3S2. The highest BCUT2D eigenvalue weighted by Crippen LogP contribution is 2.30. The van der Waals surface area contributed by atoms with Gasteiger partial charge in [-0.1, -0.05) is 45.8 Å². The van der Waals surface area contributed by atoms with Crippen molar-refractivity contribution >= 4 is 33.1 Å². The van der Waals surface area contributed by atoms with Crippen LogP contribution in [0.5, 0.6) is 0 Å². The van der Waals surface area contributed by atoms with Crippen molar-refractivity contribution in [3.05, 3.63) is 0 Å². The fourth-order valence-electron chi connectivity index (χ4n) is 2.32. The van der Waals surface area contributed by atoms with Crippen molar-refractivity contribution in [2.24, 2.45) is 11.1 Å². The van der Waals surface area contributed by atoms with Crippen LogP contribution in [0, 0.1) is 5.41 Å². The maximum Gasteiger partial charge on any atom is 0.233 e. The number of nitrogens with one attached hydrogen (secondary N) is 2. The zero-order valence-electron chi connectivity index (χ0n) is 13.1. The summed E-state index contributed by atoms with van der Waals surface area (Å²) in [5.41, 5.74) is 4.92. The summed E-state index contributed by atoms with van der Waals surface area (Å²) in [5, 5.41) is 2.66. The Balaban J connectivity index is 4.80. The van der Waals surface area contributed by atoms with Crippen molar-refractivity contribution in [3.63, 3.8) is 0 Å². The second-order valence-corrected chi connectivity index (χ2v) is 7.39. The van der Waals surface area contributed by atoms with Gasteiger partial charge in [-0.15, -0.1) is 0 Å². The van der Waals surface area contributed by atoms with Crippen LogP contribution in [0.4, 0.5) is 0 Å². The maximum absolute atomic E-state index is 12.4. The molecule has 21 heavy (non-hydrogen) atoms. The normalized spacial score (nSPS) is 12.1. The minimum Gasteiger partial charge on any atom is -0.392 e. The van der Waals surface area contributed by atoms with Gasteiger partial charge in [-0.3, -0.25) is 4.79 Å². The number of hydrogen-bond acceptors (Lipinski definition) is 4. The number of carbonyl (C=O) groups is 1. The van der Waals surface area contributed by atoms with Crippen LogP contribution in [0.15, 0.2) is 0 Å². The Labute approximate surface area is 133 Å². The van der Waals surface area contributed by atoms with Crippen molar-refractivity contribution in [2.75, 3.05) is 18.8 Å². The molecule has 0 aliphatic carbocycles. The van der Waals surface area contributed by atoms with Gasteiger partial charge in [0, 0.05) is 13.1 Å². The van der Waals surface area contributed by atoms with Crippen LogP contribution in [0.3, 0.4) is 0 Å². The fraction of sp³-hybridized carbons (Fsp3) is 0.846. The molecule has 124 valence electrons. The molecule has 1 amide bonds. The van der Waals surface area contributed by atoms with Crippen LogP contribution in [-0.2, 0) is 14.8 Å². The second kappa shape index (κ2) is 9.32.